The van der Waals surface area contributed by atoms with Gasteiger partial charge in [0, 0.05) is 0 Å². The normalized spacial score (nSPS) is 10.9. The summed E-state index contributed by atoms with van der Waals surface area (Å²) >= 11 is 0. The number of ether oxygens (including phenoxy) is 1. The van der Waals surface area contributed by atoms with Crippen LogP contribution in [0.5, 0.6) is 0 Å². The molecule has 0 aromatic heterocycles. The summed E-state index contributed by atoms with van der Waals surface area (Å²) in [5.74, 6) is -0.152. The van der Waals surface area contributed by atoms with Crippen molar-refractivity contribution in [2.75, 3.05) is 0 Å². The van der Waals surface area contributed by atoms with Crippen LogP contribution in [0.15, 0.2) is 43.0 Å². The van der Waals surface area contributed by atoms with E-state index in [4.69, 9.17) is 4.74 Å². The highest BCUT2D eigenvalue weighted by atomic mass is 16.5. The van der Waals surface area contributed by atoms with Crippen molar-refractivity contribution in [1.29, 1.82) is 0 Å². The van der Waals surface area contributed by atoms with Gasteiger partial charge in [0.1, 0.15) is 6.61 Å². The van der Waals surface area contributed by atoms with E-state index in [1.807, 2.05) is 50.3 Å². The highest BCUT2D eigenvalue weighted by Crippen LogP contribution is 2.25. The molecule has 0 bridgehead atoms. The lowest BCUT2D eigenvalue weighted by molar-refractivity contribution is -0.147. The van der Waals surface area contributed by atoms with E-state index < -0.39 is 0 Å². The SMILES string of the molecule is C=CCC(C)(C)CC(=O)OCc1ccccc1. The molecule has 0 atom stereocenters. The number of carbonyl (C=O) groups excluding carboxylic acids is 1. The van der Waals surface area contributed by atoms with Gasteiger partial charge in [0.15, 0.2) is 0 Å². The van der Waals surface area contributed by atoms with Crippen molar-refractivity contribution in [3.05, 3.63) is 48.6 Å². The molecule has 0 aliphatic heterocycles. The quantitative estimate of drug-likeness (QED) is 0.552. The second-order valence-corrected chi connectivity index (χ2v) is 4.98. The van der Waals surface area contributed by atoms with Crippen LogP contribution in [-0.2, 0) is 16.1 Å². The van der Waals surface area contributed by atoms with Crippen molar-refractivity contribution in [1.82, 2.24) is 0 Å². The Hall–Kier alpha value is -1.57. The van der Waals surface area contributed by atoms with Gasteiger partial charge < -0.3 is 4.74 Å². The number of benzene rings is 1. The predicted molar refractivity (Wildman–Crippen MR) is 69.5 cm³/mol. The van der Waals surface area contributed by atoms with Crippen LogP contribution in [-0.4, -0.2) is 5.97 Å². The molecule has 0 unspecified atom stereocenters. The molecular weight excluding hydrogens is 212 g/mol. The van der Waals surface area contributed by atoms with E-state index in [1.165, 1.54) is 0 Å². The predicted octanol–water partition coefficient (Wildman–Crippen LogP) is 3.72. The zero-order valence-electron chi connectivity index (χ0n) is 10.6. The zero-order valence-corrected chi connectivity index (χ0v) is 10.6. The van der Waals surface area contributed by atoms with Gasteiger partial charge in [-0.2, -0.15) is 0 Å². The molecule has 0 amide bonds. The fourth-order valence-electron chi connectivity index (χ4n) is 1.64. The average molecular weight is 232 g/mol. The van der Waals surface area contributed by atoms with Gasteiger partial charge in [0.05, 0.1) is 6.42 Å². The summed E-state index contributed by atoms with van der Waals surface area (Å²) in [4.78, 5) is 11.7. The zero-order chi connectivity index (χ0) is 12.7. The summed E-state index contributed by atoms with van der Waals surface area (Å²) in [5.41, 5.74) is 0.942. The summed E-state index contributed by atoms with van der Waals surface area (Å²) < 4.78 is 5.24. The smallest absolute Gasteiger partial charge is 0.306 e. The monoisotopic (exact) mass is 232 g/mol. The van der Waals surface area contributed by atoms with Crippen LogP contribution in [0, 0.1) is 5.41 Å². The van der Waals surface area contributed by atoms with Crippen molar-refractivity contribution in [2.45, 2.75) is 33.3 Å². The Labute approximate surface area is 103 Å². The molecule has 92 valence electrons. The highest BCUT2D eigenvalue weighted by molar-refractivity contribution is 5.70. The molecule has 2 heteroatoms. The maximum Gasteiger partial charge on any atom is 0.306 e. The maximum absolute atomic E-state index is 11.7. The lowest BCUT2D eigenvalue weighted by atomic mass is 9.86. The Morgan fingerprint density at radius 2 is 2.00 bits per heavy atom. The molecule has 0 saturated heterocycles. The van der Waals surface area contributed by atoms with Gasteiger partial charge in [-0.3, -0.25) is 4.79 Å². The van der Waals surface area contributed by atoms with Crippen LogP contribution < -0.4 is 0 Å². The number of hydrogen-bond donors (Lipinski definition) is 0. The number of carbonyl (C=O) groups is 1. The summed E-state index contributed by atoms with van der Waals surface area (Å²) in [5, 5.41) is 0. The molecule has 1 aromatic rings. The Bertz CT molecular complexity index is 366. The summed E-state index contributed by atoms with van der Waals surface area (Å²) in [7, 11) is 0. The van der Waals surface area contributed by atoms with Crippen molar-refractivity contribution in [2.24, 2.45) is 5.41 Å². The summed E-state index contributed by atoms with van der Waals surface area (Å²) in [6.07, 6.45) is 3.07. The van der Waals surface area contributed by atoms with Crippen LogP contribution in [0.25, 0.3) is 0 Å². The number of esters is 1. The second kappa shape index (κ2) is 6.24. The Kier molecular flexibility index (Phi) is 4.95. The molecule has 17 heavy (non-hydrogen) atoms. The van der Waals surface area contributed by atoms with Crippen LogP contribution in [0.3, 0.4) is 0 Å². The minimum Gasteiger partial charge on any atom is -0.461 e. The largest absolute Gasteiger partial charge is 0.461 e. The van der Waals surface area contributed by atoms with Gasteiger partial charge in [0.2, 0.25) is 0 Å². The fraction of sp³-hybridized carbons (Fsp3) is 0.400. The third-order valence-electron chi connectivity index (χ3n) is 2.56. The fourth-order valence-corrected chi connectivity index (χ4v) is 1.64. The highest BCUT2D eigenvalue weighted by Gasteiger charge is 2.21. The molecule has 2 nitrogen and oxygen atoms in total. The Balaban J connectivity index is 2.38. The minimum atomic E-state index is -0.152. The third-order valence-corrected chi connectivity index (χ3v) is 2.56. The van der Waals surface area contributed by atoms with Gasteiger partial charge in [-0.05, 0) is 17.4 Å². The van der Waals surface area contributed by atoms with Crippen LogP contribution >= 0.6 is 0 Å². The van der Waals surface area contributed by atoms with Crippen molar-refractivity contribution >= 4 is 5.97 Å². The molecule has 1 aromatic carbocycles. The molecule has 0 N–H and O–H groups in total. The summed E-state index contributed by atoms with van der Waals surface area (Å²) in [6.45, 7) is 8.13. The van der Waals surface area contributed by atoms with Gasteiger partial charge in [-0.1, -0.05) is 50.3 Å². The first kappa shape index (κ1) is 13.5. The lowest BCUT2D eigenvalue weighted by Crippen LogP contribution is -2.18. The van der Waals surface area contributed by atoms with Crippen LogP contribution in [0.1, 0.15) is 32.3 Å². The maximum atomic E-state index is 11.7. The molecule has 0 aliphatic rings. The average Bonchev–Trinajstić information content (AvgIpc) is 2.27. The van der Waals surface area contributed by atoms with E-state index >= 15 is 0 Å². The van der Waals surface area contributed by atoms with E-state index in [0.29, 0.717) is 13.0 Å². The van der Waals surface area contributed by atoms with Crippen molar-refractivity contribution < 1.29 is 9.53 Å². The molecule has 0 radical (unpaired) electrons. The first-order valence-corrected chi connectivity index (χ1v) is 5.84. The summed E-state index contributed by atoms with van der Waals surface area (Å²) in [6, 6.07) is 9.71. The molecular formula is C15H20O2. The molecule has 0 aliphatic carbocycles. The first-order valence-electron chi connectivity index (χ1n) is 5.84. The number of rotatable bonds is 6. The van der Waals surface area contributed by atoms with E-state index in [1.54, 1.807) is 0 Å². The van der Waals surface area contributed by atoms with Crippen molar-refractivity contribution in [3.63, 3.8) is 0 Å². The molecule has 0 spiro atoms. The van der Waals surface area contributed by atoms with E-state index in [0.717, 1.165) is 12.0 Å². The van der Waals surface area contributed by atoms with Crippen molar-refractivity contribution in [3.8, 4) is 0 Å². The standard InChI is InChI=1S/C15H20O2/c1-4-10-15(2,3)11-14(16)17-12-13-8-6-5-7-9-13/h4-9H,1,10-12H2,2-3H3. The molecule has 0 saturated carbocycles. The second-order valence-electron chi connectivity index (χ2n) is 4.98. The van der Waals surface area contributed by atoms with E-state index in [9.17, 15) is 4.79 Å². The minimum absolute atomic E-state index is 0.0739. The number of hydrogen-bond acceptors (Lipinski definition) is 2. The first-order chi connectivity index (χ1) is 8.03. The molecule has 0 fully saturated rings. The Morgan fingerprint density at radius 3 is 2.59 bits per heavy atom. The topological polar surface area (TPSA) is 26.3 Å². The van der Waals surface area contributed by atoms with Gasteiger partial charge >= 0.3 is 5.97 Å². The van der Waals surface area contributed by atoms with Crippen LogP contribution in [0.4, 0.5) is 0 Å². The van der Waals surface area contributed by atoms with E-state index in [2.05, 4.69) is 6.58 Å². The number of allylic oxidation sites excluding steroid dienone is 1. The Morgan fingerprint density at radius 1 is 1.35 bits per heavy atom. The molecule has 0 heterocycles. The van der Waals surface area contributed by atoms with Crippen LogP contribution in [0.2, 0.25) is 0 Å². The van der Waals surface area contributed by atoms with E-state index in [-0.39, 0.29) is 11.4 Å². The lowest BCUT2D eigenvalue weighted by Gasteiger charge is -2.21. The molecule has 1 rings (SSSR count). The van der Waals surface area contributed by atoms with Gasteiger partial charge in [-0.15, -0.1) is 6.58 Å². The van der Waals surface area contributed by atoms with Gasteiger partial charge in [0.25, 0.3) is 0 Å². The third kappa shape index (κ3) is 5.34. The van der Waals surface area contributed by atoms with Gasteiger partial charge in [-0.25, -0.2) is 0 Å².